The molecule has 2 heterocycles. The van der Waals surface area contributed by atoms with Crippen LogP contribution >= 0.6 is 0 Å². The zero-order chi connectivity index (χ0) is 12.5. The maximum atomic E-state index is 12.1. The van der Waals surface area contributed by atoms with Crippen LogP contribution in [0.3, 0.4) is 0 Å². The van der Waals surface area contributed by atoms with Crippen LogP contribution in [0.1, 0.15) is 24.1 Å². The lowest BCUT2D eigenvalue weighted by molar-refractivity contribution is -0.132. The molecule has 0 bridgehead atoms. The van der Waals surface area contributed by atoms with Crippen molar-refractivity contribution in [3.05, 3.63) is 17.6 Å². The van der Waals surface area contributed by atoms with E-state index in [2.05, 4.69) is 9.97 Å². The lowest BCUT2D eigenvalue weighted by Crippen LogP contribution is -2.34. The van der Waals surface area contributed by atoms with Gasteiger partial charge in [-0.05, 0) is 19.3 Å². The highest BCUT2D eigenvalue weighted by atomic mass is 16.5. The molecule has 1 aromatic heterocycles. The lowest BCUT2D eigenvalue weighted by atomic mass is 10.1. The number of fused-ring (bicyclic) bond motifs is 1. The van der Waals surface area contributed by atoms with E-state index in [9.17, 15) is 4.79 Å². The van der Waals surface area contributed by atoms with Crippen molar-refractivity contribution in [2.45, 2.75) is 25.7 Å². The Labute approximate surface area is 106 Å². The summed E-state index contributed by atoms with van der Waals surface area (Å²) in [6.45, 7) is 1.52. The number of carbonyl (C=O) groups is 1. The van der Waals surface area contributed by atoms with Crippen LogP contribution in [0.25, 0.3) is 0 Å². The monoisotopic (exact) mass is 247 g/mol. The number of amides is 1. The van der Waals surface area contributed by atoms with Crippen LogP contribution in [0.2, 0.25) is 0 Å². The second-order valence-corrected chi connectivity index (χ2v) is 4.91. The molecule has 0 spiro atoms. The Kier molecular flexibility index (Phi) is 2.89. The van der Waals surface area contributed by atoms with Crippen LogP contribution in [0, 0.1) is 5.92 Å². The quantitative estimate of drug-likeness (QED) is 0.776. The molecular formula is C13H17N3O2. The van der Waals surface area contributed by atoms with Gasteiger partial charge in [0.15, 0.2) is 0 Å². The molecule has 1 amide bonds. The predicted molar refractivity (Wildman–Crippen MR) is 65.3 cm³/mol. The number of nitrogens with zero attached hydrogens (tertiary/aromatic N) is 3. The van der Waals surface area contributed by atoms with E-state index in [0.717, 1.165) is 50.0 Å². The molecule has 96 valence electrons. The fourth-order valence-electron chi connectivity index (χ4n) is 2.48. The molecule has 1 aromatic rings. The average molecular weight is 247 g/mol. The van der Waals surface area contributed by atoms with E-state index < -0.39 is 0 Å². The van der Waals surface area contributed by atoms with E-state index in [1.165, 1.54) is 6.33 Å². The van der Waals surface area contributed by atoms with Crippen LogP contribution in [-0.2, 0) is 17.6 Å². The largest absolute Gasteiger partial charge is 0.481 e. The fourth-order valence-corrected chi connectivity index (χ4v) is 2.48. The van der Waals surface area contributed by atoms with Gasteiger partial charge in [0.05, 0.1) is 12.8 Å². The topological polar surface area (TPSA) is 55.3 Å². The molecule has 1 aliphatic carbocycles. The maximum absolute atomic E-state index is 12.1. The van der Waals surface area contributed by atoms with Gasteiger partial charge in [0.1, 0.15) is 6.33 Å². The van der Waals surface area contributed by atoms with Crippen LogP contribution in [0.5, 0.6) is 5.88 Å². The minimum absolute atomic E-state index is 0.291. The molecule has 0 saturated heterocycles. The van der Waals surface area contributed by atoms with E-state index in [0.29, 0.717) is 17.7 Å². The third-order valence-electron chi connectivity index (χ3n) is 3.68. The summed E-state index contributed by atoms with van der Waals surface area (Å²) in [5, 5.41) is 0. The molecule has 1 fully saturated rings. The molecule has 2 aliphatic rings. The van der Waals surface area contributed by atoms with Crippen molar-refractivity contribution in [1.82, 2.24) is 14.9 Å². The average Bonchev–Trinajstić information content (AvgIpc) is 3.23. The normalized spacial score (nSPS) is 19.1. The first-order valence-corrected chi connectivity index (χ1v) is 6.45. The summed E-state index contributed by atoms with van der Waals surface area (Å²) in [7, 11) is 1.63. The molecule has 0 N–H and O–H groups in total. The van der Waals surface area contributed by atoms with E-state index in [-0.39, 0.29) is 0 Å². The summed E-state index contributed by atoms with van der Waals surface area (Å²) in [5.74, 6) is 1.26. The van der Waals surface area contributed by atoms with Gasteiger partial charge < -0.3 is 9.64 Å². The van der Waals surface area contributed by atoms with Crippen molar-refractivity contribution in [3.63, 3.8) is 0 Å². The van der Waals surface area contributed by atoms with Gasteiger partial charge in [-0.3, -0.25) is 4.79 Å². The second-order valence-electron chi connectivity index (χ2n) is 4.91. The lowest BCUT2D eigenvalue weighted by Gasteiger charge is -2.19. The summed E-state index contributed by atoms with van der Waals surface area (Å²) >= 11 is 0. The number of methoxy groups -OCH3 is 1. The summed E-state index contributed by atoms with van der Waals surface area (Å²) in [6.07, 6.45) is 5.25. The van der Waals surface area contributed by atoms with Gasteiger partial charge >= 0.3 is 0 Å². The molecule has 5 nitrogen and oxygen atoms in total. The Balaban J connectivity index is 1.79. The van der Waals surface area contributed by atoms with Crippen molar-refractivity contribution in [2.24, 2.45) is 5.92 Å². The van der Waals surface area contributed by atoms with E-state index >= 15 is 0 Å². The highest BCUT2D eigenvalue weighted by Gasteiger charge is 2.34. The van der Waals surface area contributed by atoms with Gasteiger partial charge in [-0.25, -0.2) is 9.97 Å². The smallest absolute Gasteiger partial charge is 0.225 e. The number of ether oxygens (including phenoxy) is 1. The fraction of sp³-hybridized carbons (Fsp3) is 0.615. The maximum Gasteiger partial charge on any atom is 0.225 e. The van der Waals surface area contributed by atoms with E-state index in [4.69, 9.17) is 4.74 Å². The zero-order valence-electron chi connectivity index (χ0n) is 10.6. The third kappa shape index (κ3) is 2.05. The third-order valence-corrected chi connectivity index (χ3v) is 3.68. The van der Waals surface area contributed by atoms with Gasteiger partial charge in [0, 0.05) is 31.0 Å². The van der Waals surface area contributed by atoms with E-state index in [1.807, 2.05) is 4.90 Å². The molecule has 0 unspecified atom stereocenters. The Morgan fingerprint density at radius 3 is 2.83 bits per heavy atom. The van der Waals surface area contributed by atoms with Crippen LogP contribution in [0.15, 0.2) is 6.33 Å². The molecule has 0 atom stereocenters. The number of carbonyl (C=O) groups excluding carboxylic acids is 1. The standard InChI is InChI=1S/C13H17N3O2/c1-18-12-10-4-6-16(13(17)9-2-3-9)7-5-11(10)14-8-15-12/h8-9H,2-7H2,1H3. The van der Waals surface area contributed by atoms with Crippen LogP contribution in [-0.4, -0.2) is 41.0 Å². The Morgan fingerprint density at radius 1 is 1.33 bits per heavy atom. The Bertz CT molecular complexity index is 471. The first kappa shape index (κ1) is 11.4. The number of hydrogen-bond donors (Lipinski definition) is 0. The van der Waals surface area contributed by atoms with Crippen molar-refractivity contribution in [3.8, 4) is 5.88 Å². The first-order chi connectivity index (χ1) is 8.79. The summed E-state index contributed by atoms with van der Waals surface area (Å²) < 4.78 is 5.27. The molecular weight excluding hydrogens is 230 g/mol. The summed E-state index contributed by atoms with van der Waals surface area (Å²) in [5.41, 5.74) is 2.08. The SMILES string of the molecule is COc1ncnc2c1CCN(C(=O)C1CC1)CC2. The van der Waals surface area contributed by atoms with Crippen LogP contribution < -0.4 is 4.74 Å². The van der Waals surface area contributed by atoms with Crippen LogP contribution in [0.4, 0.5) is 0 Å². The number of hydrogen-bond acceptors (Lipinski definition) is 4. The highest BCUT2D eigenvalue weighted by molar-refractivity contribution is 5.81. The molecule has 0 radical (unpaired) electrons. The summed E-state index contributed by atoms with van der Waals surface area (Å²) in [4.78, 5) is 22.5. The van der Waals surface area contributed by atoms with E-state index in [1.54, 1.807) is 7.11 Å². The summed E-state index contributed by atoms with van der Waals surface area (Å²) in [6, 6.07) is 0. The molecule has 1 aliphatic heterocycles. The molecule has 3 rings (SSSR count). The van der Waals surface area contributed by atoms with Gasteiger partial charge in [-0.15, -0.1) is 0 Å². The van der Waals surface area contributed by atoms with Gasteiger partial charge in [0.2, 0.25) is 11.8 Å². The van der Waals surface area contributed by atoms with Crippen molar-refractivity contribution >= 4 is 5.91 Å². The highest BCUT2D eigenvalue weighted by Crippen LogP contribution is 2.32. The molecule has 5 heteroatoms. The number of rotatable bonds is 2. The minimum atomic E-state index is 0.291. The van der Waals surface area contributed by atoms with Crippen molar-refractivity contribution in [2.75, 3.05) is 20.2 Å². The Hall–Kier alpha value is -1.65. The predicted octanol–water partition coefficient (Wildman–Crippen LogP) is 0.822. The Morgan fingerprint density at radius 2 is 2.11 bits per heavy atom. The van der Waals surface area contributed by atoms with Gasteiger partial charge in [0.25, 0.3) is 0 Å². The number of aromatic nitrogens is 2. The zero-order valence-corrected chi connectivity index (χ0v) is 10.6. The minimum Gasteiger partial charge on any atom is -0.481 e. The molecule has 18 heavy (non-hydrogen) atoms. The van der Waals surface area contributed by atoms with Crippen molar-refractivity contribution < 1.29 is 9.53 Å². The first-order valence-electron chi connectivity index (χ1n) is 6.45. The molecule has 0 aromatic carbocycles. The molecule has 1 saturated carbocycles. The van der Waals surface area contributed by atoms with Crippen molar-refractivity contribution in [1.29, 1.82) is 0 Å². The van der Waals surface area contributed by atoms with Gasteiger partial charge in [-0.1, -0.05) is 0 Å². The van der Waals surface area contributed by atoms with Gasteiger partial charge in [-0.2, -0.15) is 0 Å². The second kappa shape index (κ2) is 4.55.